The molecule has 1 unspecified atom stereocenters. The van der Waals surface area contributed by atoms with Gasteiger partial charge in [-0.2, -0.15) is 0 Å². The molecule has 0 aliphatic rings. The monoisotopic (exact) mass is 322 g/mol. The normalized spacial score (nSPS) is 11.8. The van der Waals surface area contributed by atoms with Crippen molar-refractivity contribution in [3.8, 4) is 0 Å². The van der Waals surface area contributed by atoms with E-state index in [1.807, 2.05) is 25.1 Å². The molecule has 1 atom stereocenters. The predicted octanol–water partition coefficient (Wildman–Crippen LogP) is 5.68. The van der Waals surface area contributed by atoms with E-state index in [-0.39, 0.29) is 12.0 Å². The van der Waals surface area contributed by atoms with Gasteiger partial charge in [0, 0.05) is 5.92 Å². The van der Waals surface area contributed by atoms with Gasteiger partial charge in [0.05, 0.1) is 6.61 Å². The van der Waals surface area contributed by atoms with Crippen LogP contribution in [0.4, 0.5) is 0 Å². The van der Waals surface area contributed by atoms with Gasteiger partial charge < -0.3 is 9.47 Å². The van der Waals surface area contributed by atoms with Crippen molar-refractivity contribution in [2.75, 3.05) is 6.61 Å². The minimum Gasteiger partial charge on any atom is -0.466 e. The quantitative estimate of drug-likeness (QED) is 0.414. The molecule has 0 radical (unpaired) electrons. The number of hydrogen-bond acceptors (Lipinski definition) is 2. The highest BCUT2D eigenvalue weighted by Gasteiger charge is 2.26. The molecule has 24 heavy (non-hydrogen) atoms. The second kappa shape index (κ2) is 9.61. The van der Waals surface area contributed by atoms with Gasteiger partial charge in [0.2, 0.25) is 0 Å². The van der Waals surface area contributed by atoms with Crippen LogP contribution < -0.4 is 0 Å². The fraction of sp³-hybridized carbons (Fsp3) is 0.273. The molecule has 126 valence electrons. The molecule has 2 heteroatoms. The summed E-state index contributed by atoms with van der Waals surface area (Å²) in [7, 11) is 0. The van der Waals surface area contributed by atoms with E-state index in [1.54, 1.807) is 0 Å². The summed E-state index contributed by atoms with van der Waals surface area (Å²) in [6.45, 7) is 10.2. The Labute approximate surface area is 145 Å². The first-order valence-electron chi connectivity index (χ1n) is 8.45. The summed E-state index contributed by atoms with van der Waals surface area (Å²) in [5.41, 5.74) is 2.45. The fourth-order valence-corrected chi connectivity index (χ4v) is 2.88. The lowest BCUT2D eigenvalue weighted by molar-refractivity contribution is -0.0117. The highest BCUT2D eigenvalue weighted by atomic mass is 16.7. The van der Waals surface area contributed by atoms with Crippen molar-refractivity contribution < 1.29 is 9.47 Å². The molecule has 0 aliphatic carbocycles. The van der Waals surface area contributed by atoms with Crippen LogP contribution in [0.3, 0.4) is 0 Å². The van der Waals surface area contributed by atoms with Crippen LogP contribution >= 0.6 is 0 Å². The van der Waals surface area contributed by atoms with Crippen molar-refractivity contribution in [2.24, 2.45) is 0 Å². The largest absolute Gasteiger partial charge is 0.466 e. The standard InChI is InChI=1S/C22H26O2/c1-4-6-17-21(24-18(3)23-5-2)22(19-13-9-7-10-14-19)20-15-11-8-12-16-20/h4,7-16,21-22H,1,3,5-6,17H2,2H3. The Morgan fingerprint density at radius 2 is 1.54 bits per heavy atom. The van der Waals surface area contributed by atoms with Crippen LogP contribution in [0.2, 0.25) is 0 Å². The Kier molecular flexibility index (Phi) is 7.16. The molecule has 0 saturated heterocycles. The fourth-order valence-electron chi connectivity index (χ4n) is 2.88. The molecule has 2 aromatic rings. The van der Waals surface area contributed by atoms with E-state index in [1.165, 1.54) is 11.1 Å². The number of benzene rings is 2. The van der Waals surface area contributed by atoms with E-state index < -0.39 is 0 Å². The minimum atomic E-state index is -0.0631. The van der Waals surface area contributed by atoms with E-state index in [9.17, 15) is 0 Å². The minimum absolute atomic E-state index is 0.0631. The molecule has 2 aromatic carbocycles. The molecule has 0 N–H and O–H groups in total. The first-order valence-corrected chi connectivity index (χ1v) is 8.45. The summed E-state index contributed by atoms with van der Waals surface area (Å²) >= 11 is 0. The molecule has 0 heterocycles. The Bertz CT molecular complexity index is 579. The molecule has 0 bridgehead atoms. The maximum Gasteiger partial charge on any atom is 0.271 e. The van der Waals surface area contributed by atoms with E-state index in [0.29, 0.717) is 12.6 Å². The van der Waals surface area contributed by atoms with Gasteiger partial charge in [-0.25, -0.2) is 0 Å². The van der Waals surface area contributed by atoms with Gasteiger partial charge in [0.15, 0.2) is 0 Å². The summed E-state index contributed by atoms with van der Waals surface area (Å²) in [5, 5.41) is 0. The Morgan fingerprint density at radius 1 is 1.00 bits per heavy atom. The van der Waals surface area contributed by atoms with Gasteiger partial charge in [-0.1, -0.05) is 66.7 Å². The van der Waals surface area contributed by atoms with Crippen molar-refractivity contribution in [3.05, 3.63) is 97.0 Å². The zero-order valence-electron chi connectivity index (χ0n) is 14.4. The molecule has 0 amide bonds. The third-order valence-corrected chi connectivity index (χ3v) is 3.93. The average Bonchev–Trinajstić information content (AvgIpc) is 2.62. The summed E-state index contributed by atoms with van der Waals surface area (Å²) < 4.78 is 11.5. The SMILES string of the molecule is C=CCCC(OC(=C)OCC)C(c1ccccc1)c1ccccc1. The Hall–Kier alpha value is -2.48. The third kappa shape index (κ3) is 5.02. The molecule has 2 nitrogen and oxygen atoms in total. The summed E-state index contributed by atoms with van der Waals surface area (Å²) in [6.07, 6.45) is 3.59. The molecular weight excluding hydrogens is 296 g/mol. The summed E-state index contributed by atoms with van der Waals surface area (Å²) in [4.78, 5) is 0. The van der Waals surface area contributed by atoms with Crippen LogP contribution in [0, 0.1) is 0 Å². The van der Waals surface area contributed by atoms with Crippen LogP contribution in [0.25, 0.3) is 0 Å². The van der Waals surface area contributed by atoms with Gasteiger partial charge >= 0.3 is 0 Å². The number of rotatable bonds is 10. The van der Waals surface area contributed by atoms with Crippen LogP contribution in [0.1, 0.15) is 36.8 Å². The lowest BCUT2D eigenvalue weighted by Gasteiger charge is -2.29. The van der Waals surface area contributed by atoms with E-state index >= 15 is 0 Å². The second-order valence-electron chi connectivity index (χ2n) is 5.63. The molecule has 0 spiro atoms. The number of hydrogen-bond donors (Lipinski definition) is 0. The van der Waals surface area contributed by atoms with Crippen LogP contribution in [-0.4, -0.2) is 12.7 Å². The zero-order valence-corrected chi connectivity index (χ0v) is 14.4. The van der Waals surface area contributed by atoms with Gasteiger partial charge in [-0.15, -0.1) is 6.58 Å². The van der Waals surface area contributed by atoms with Crippen LogP contribution in [0.5, 0.6) is 0 Å². The number of ether oxygens (including phenoxy) is 2. The molecular formula is C22H26O2. The van der Waals surface area contributed by atoms with E-state index in [2.05, 4.69) is 61.7 Å². The lowest BCUT2D eigenvalue weighted by atomic mass is 9.84. The van der Waals surface area contributed by atoms with Crippen molar-refractivity contribution >= 4 is 0 Å². The van der Waals surface area contributed by atoms with Gasteiger partial charge in [-0.3, -0.25) is 0 Å². The maximum atomic E-state index is 6.10. The van der Waals surface area contributed by atoms with Crippen molar-refractivity contribution in [2.45, 2.75) is 31.8 Å². The molecule has 0 saturated carbocycles. The molecule has 0 fully saturated rings. The molecule has 0 aliphatic heterocycles. The van der Waals surface area contributed by atoms with Crippen molar-refractivity contribution in [1.82, 2.24) is 0 Å². The maximum absolute atomic E-state index is 6.10. The highest BCUT2D eigenvalue weighted by molar-refractivity contribution is 5.34. The number of allylic oxidation sites excluding steroid dienone is 1. The Balaban J connectivity index is 2.36. The first-order chi connectivity index (χ1) is 11.8. The first kappa shape index (κ1) is 17.9. The topological polar surface area (TPSA) is 18.5 Å². The van der Waals surface area contributed by atoms with Crippen LogP contribution in [0.15, 0.2) is 85.8 Å². The summed E-state index contributed by atoms with van der Waals surface area (Å²) in [6, 6.07) is 20.9. The lowest BCUT2D eigenvalue weighted by Crippen LogP contribution is -2.24. The van der Waals surface area contributed by atoms with Gasteiger partial charge in [0.25, 0.3) is 5.95 Å². The predicted molar refractivity (Wildman–Crippen MR) is 99.8 cm³/mol. The van der Waals surface area contributed by atoms with Crippen LogP contribution in [-0.2, 0) is 9.47 Å². The van der Waals surface area contributed by atoms with E-state index in [4.69, 9.17) is 9.47 Å². The third-order valence-electron chi connectivity index (χ3n) is 3.93. The zero-order chi connectivity index (χ0) is 17.2. The molecule has 2 rings (SSSR count). The van der Waals surface area contributed by atoms with Gasteiger partial charge in [0.1, 0.15) is 6.10 Å². The van der Waals surface area contributed by atoms with Crippen molar-refractivity contribution in [1.29, 1.82) is 0 Å². The van der Waals surface area contributed by atoms with Crippen molar-refractivity contribution in [3.63, 3.8) is 0 Å². The molecule has 0 aromatic heterocycles. The highest BCUT2D eigenvalue weighted by Crippen LogP contribution is 2.33. The second-order valence-corrected chi connectivity index (χ2v) is 5.63. The average molecular weight is 322 g/mol. The summed E-state index contributed by atoms with van der Waals surface area (Å²) in [5.74, 6) is 0.494. The van der Waals surface area contributed by atoms with Gasteiger partial charge in [-0.05, 0) is 37.5 Å². The smallest absolute Gasteiger partial charge is 0.271 e. The Morgan fingerprint density at radius 3 is 2.00 bits per heavy atom. The van der Waals surface area contributed by atoms with E-state index in [0.717, 1.165) is 12.8 Å².